The van der Waals surface area contributed by atoms with E-state index in [2.05, 4.69) is 15.9 Å². The van der Waals surface area contributed by atoms with Gasteiger partial charge in [0, 0.05) is 24.1 Å². The lowest BCUT2D eigenvalue weighted by molar-refractivity contribution is -0.117. The zero-order chi connectivity index (χ0) is 14.2. The summed E-state index contributed by atoms with van der Waals surface area (Å²) in [6, 6.07) is 5.65. The van der Waals surface area contributed by atoms with Crippen molar-refractivity contribution in [3.8, 4) is 0 Å². The fourth-order valence-corrected chi connectivity index (χ4v) is 3.60. The third kappa shape index (κ3) is 2.90. The highest BCUT2D eigenvalue weighted by Gasteiger charge is 2.42. The molecule has 2 heterocycles. The maximum atomic E-state index is 10.6. The third-order valence-electron chi connectivity index (χ3n) is 4.33. The van der Waals surface area contributed by atoms with Crippen LogP contribution in [0.4, 0.5) is 0 Å². The first-order valence-electron chi connectivity index (χ1n) is 6.94. The summed E-state index contributed by atoms with van der Waals surface area (Å²) in [4.78, 5) is 0. The monoisotopic (exact) mass is 360 g/mol. The van der Waals surface area contributed by atoms with Crippen LogP contribution in [0.3, 0.4) is 0 Å². The Morgan fingerprint density at radius 1 is 1.40 bits per heavy atom. The van der Waals surface area contributed by atoms with Crippen LogP contribution in [-0.4, -0.2) is 30.5 Å². The normalized spacial score (nSPS) is 31.6. The van der Waals surface area contributed by atoms with Gasteiger partial charge in [0.05, 0.1) is 23.3 Å². The molecule has 0 radical (unpaired) electrons. The number of halogens is 2. The third-order valence-corrected chi connectivity index (χ3v) is 5.56. The van der Waals surface area contributed by atoms with E-state index in [9.17, 15) is 5.11 Å². The van der Waals surface area contributed by atoms with Crippen molar-refractivity contribution in [3.05, 3.63) is 33.3 Å². The number of hydrogen-bond donors (Lipinski definition) is 1. The zero-order valence-corrected chi connectivity index (χ0v) is 13.5. The number of aliphatic hydroxyl groups is 1. The summed E-state index contributed by atoms with van der Waals surface area (Å²) in [6.07, 6.45) is 2.15. The van der Waals surface area contributed by atoms with Crippen molar-refractivity contribution in [2.24, 2.45) is 5.92 Å². The number of hydrogen-bond acceptors (Lipinski definition) is 3. The van der Waals surface area contributed by atoms with Gasteiger partial charge in [0.2, 0.25) is 0 Å². The Bertz CT molecular complexity index is 488. The van der Waals surface area contributed by atoms with Gasteiger partial charge >= 0.3 is 0 Å². The first kappa shape index (κ1) is 14.8. The fraction of sp³-hybridized carbons (Fsp3) is 0.600. The van der Waals surface area contributed by atoms with Crippen molar-refractivity contribution in [3.63, 3.8) is 0 Å². The standard InChI is InChI=1S/C15H18BrClO3/c16-12-2-1-10(7-13(12)17)14(18)11-3-5-20-15(8-11)4-6-19-9-15/h1-2,7,11,14,18H,3-6,8-9H2. The summed E-state index contributed by atoms with van der Waals surface area (Å²) in [5.41, 5.74) is 0.697. The summed E-state index contributed by atoms with van der Waals surface area (Å²) in [6.45, 7) is 2.10. The minimum Gasteiger partial charge on any atom is -0.388 e. The second kappa shape index (κ2) is 5.93. The molecule has 3 rings (SSSR count). The fourth-order valence-electron chi connectivity index (χ4n) is 3.17. The second-order valence-electron chi connectivity index (χ2n) is 5.71. The lowest BCUT2D eigenvalue weighted by Gasteiger charge is -2.39. The van der Waals surface area contributed by atoms with Crippen LogP contribution in [0.2, 0.25) is 5.02 Å². The van der Waals surface area contributed by atoms with Gasteiger partial charge < -0.3 is 14.6 Å². The van der Waals surface area contributed by atoms with Crippen LogP contribution in [0.15, 0.2) is 22.7 Å². The van der Waals surface area contributed by atoms with Crippen LogP contribution in [0, 0.1) is 5.92 Å². The molecule has 1 aromatic rings. The van der Waals surface area contributed by atoms with E-state index in [1.165, 1.54) is 0 Å². The van der Waals surface area contributed by atoms with Gasteiger partial charge in [0.25, 0.3) is 0 Å². The van der Waals surface area contributed by atoms with Crippen LogP contribution >= 0.6 is 27.5 Å². The molecule has 3 atom stereocenters. The summed E-state index contributed by atoms with van der Waals surface area (Å²) in [5.74, 6) is 0.197. The number of ether oxygens (including phenoxy) is 2. The van der Waals surface area contributed by atoms with Crippen molar-refractivity contribution in [1.82, 2.24) is 0 Å². The largest absolute Gasteiger partial charge is 0.388 e. The van der Waals surface area contributed by atoms with Crippen LogP contribution in [0.1, 0.15) is 30.9 Å². The SMILES string of the molecule is OC(c1ccc(Br)c(Cl)c1)C1CCOC2(CCOC2)C1. The molecular formula is C15H18BrClO3. The highest BCUT2D eigenvalue weighted by atomic mass is 79.9. The molecule has 5 heteroatoms. The predicted molar refractivity (Wildman–Crippen MR) is 81.0 cm³/mol. The summed E-state index contributed by atoms with van der Waals surface area (Å²) in [5, 5.41) is 11.3. The average molecular weight is 362 g/mol. The molecule has 2 aliphatic heterocycles. The molecule has 0 aliphatic carbocycles. The Labute approximate surface area is 132 Å². The Kier molecular flexibility index (Phi) is 4.39. The van der Waals surface area contributed by atoms with Crippen LogP contribution < -0.4 is 0 Å². The van der Waals surface area contributed by atoms with E-state index >= 15 is 0 Å². The Hall–Kier alpha value is -0.130. The van der Waals surface area contributed by atoms with Crippen molar-refractivity contribution < 1.29 is 14.6 Å². The second-order valence-corrected chi connectivity index (χ2v) is 6.97. The summed E-state index contributed by atoms with van der Waals surface area (Å²) >= 11 is 9.49. The van der Waals surface area contributed by atoms with Gasteiger partial charge in [-0.25, -0.2) is 0 Å². The van der Waals surface area contributed by atoms with Crippen LogP contribution in [0.25, 0.3) is 0 Å². The van der Waals surface area contributed by atoms with E-state index in [0.29, 0.717) is 18.2 Å². The zero-order valence-electron chi connectivity index (χ0n) is 11.1. The molecule has 2 aliphatic rings. The first-order chi connectivity index (χ1) is 9.60. The Morgan fingerprint density at radius 2 is 2.25 bits per heavy atom. The molecule has 1 aromatic carbocycles. The first-order valence-corrected chi connectivity index (χ1v) is 8.11. The van der Waals surface area contributed by atoms with Crippen molar-refractivity contribution in [1.29, 1.82) is 0 Å². The topological polar surface area (TPSA) is 38.7 Å². The lowest BCUT2D eigenvalue weighted by Crippen LogP contribution is -2.41. The predicted octanol–water partition coefficient (Wildman–Crippen LogP) is 3.72. The average Bonchev–Trinajstić information content (AvgIpc) is 2.89. The van der Waals surface area contributed by atoms with Crippen LogP contribution in [0.5, 0.6) is 0 Å². The Morgan fingerprint density at radius 3 is 2.95 bits per heavy atom. The van der Waals surface area contributed by atoms with Gasteiger partial charge in [0.1, 0.15) is 0 Å². The minimum absolute atomic E-state index is 0.178. The van der Waals surface area contributed by atoms with E-state index in [1.54, 1.807) is 0 Å². The summed E-state index contributed by atoms with van der Waals surface area (Å²) < 4.78 is 12.2. The Balaban J connectivity index is 1.75. The van der Waals surface area contributed by atoms with E-state index in [0.717, 1.165) is 35.9 Å². The molecule has 20 heavy (non-hydrogen) atoms. The smallest absolute Gasteiger partial charge is 0.0940 e. The molecular weight excluding hydrogens is 344 g/mol. The van der Waals surface area contributed by atoms with Crippen LogP contribution in [-0.2, 0) is 9.47 Å². The molecule has 3 nitrogen and oxygen atoms in total. The molecule has 2 fully saturated rings. The van der Waals surface area contributed by atoms with E-state index in [4.69, 9.17) is 21.1 Å². The van der Waals surface area contributed by atoms with E-state index < -0.39 is 6.10 Å². The molecule has 0 aromatic heterocycles. The molecule has 0 amide bonds. The quantitative estimate of drug-likeness (QED) is 0.872. The lowest BCUT2D eigenvalue weighted by atomic mass is 9.80. The van der Waals surface area contributed by atoms with Crippen molar-refractivity contribution >= 4 is 27.5 Å². The molecule has 110 valence electrons. The molecule has 3 unspecified atom stereocenters. The molecule has 2 saturated heterocycles. The maximum Gasteiger partial charge on any atom is 0.0940 e. The highest BCUT2D eigenvalue weighted by Crippen LogP contribution is 2.41. The maximum absolute atomic E-state index is 10.6. The number of rotatable bonds is 2. The highest BCUT2D eigenvalue weighted by molar-refractivity contribution is 9.10. The van der Waals surface area contributed by atoms with Crippen molar-refractivity contribution in [2.45, 2.75) is 31.0 Å². The van der Waals surface area contributed by atoms with Gasteiger partial charge in [-0.3, -0.25) is 0 Å². The summed E-state index contributed by atoms with van der Waals surface area (Å²) in [7, 11) is 0. The van der Waals surface area contributed by atoms with Gasteiger partial charge in [-0.05, 0) is 52.4 Å². The number of benzene rings is 1. The molecule has 1 N–H and O–H groups in total. The van der Waals surface area contributed by atoms with Gasteiger partial charge in [-0.1, -0.05) is 17.7 Å². The molecule has 0 saturated carbocycles. The van der Waals surface area contributed by atoms with Crippen molar-refractivity contribution in [2.75, 3.05) is 19.8 Å². The van der Waals surface area contributed by atoms with Gasteiger partial charge in [-0.15, -0.1) is 0 Å². The van der Waals surface area contributed by atoms with E-state index in [1.807, 2.05) is 18.2 Å². The molecule has 1 spiro atoms. The van der Waals surface area contributed by atoms with Gasteiger partial charge in [-0.2, -0.15) is 0 Å². The van der Waals surface area contributed by atoms with E-state index in [-0.39, 0.29) is 11.5 Å². The number of aliphatic hydroxyl groups excluding tert-OH is 1. The van der Waals surface area contributed by atoms with Gasteiger partial charge in [0.15, 0.2) is 0 Å². The minimum atomic E-state index is -0.498. The molecule has 0 bridgehead atoms.